The lowest BCUT2D eigenvalue weighted by atomic mass is 10.2. The molecule has 2 N–H and O–H groups in total. The number of hydrogen-bond donors (Lipinski definition) is 2. The van der Waals surface area contributed by atoms with Gasteiger partial charge >= 0.3 is 18.2 Å². The number of urea groups is 1. The van der Waals surface area contributed by atoms with E-state index in [0.29, 0.717) is 12.3 Å². The van der Waals surface area contributed by atoms with Gasteiger partial charge in [-0.2, -0.15) is 13.2 Å². The molecular weight excluding hydrogens is 265 g/mol. The smallest absolute Gasteiger partial charge is 0.406 e. The van der Waals surface area contributed by atoms with Crippen molar-refractivity contribution < 1.29 is 27.9 Å². The monoisotopic (exact) mass is 282 g/mol. The zero-order valence-corrected chi connectivity index (χ0v) is 10.4. The minimum Gasteiger partial charge on any atom is -0.480 e. The molecule has 1 aliphatic carbocycles. The van der Waals surface area contributed by atoms with Crippen LogP contribution in [0.1, 0.15) is 25.7 Å². The van der Waals surface area contributed by atoms with Crippen LogP contribution >= 0.6 is 0 Å². The van der Waals surface area contributed by atoms with Gasteiger partial charge in [0, 0.05) is 6.54 Å². The predicted molar refractivity (Wildman–Crippen MR) is 60.6 cm³/mol. The number of alkyl halides is 3. The Bertz CT molecular complexity index is 330. The molecule has 1 aliphatic rings. The highest BCUT2D eigenvalue weighted by Gasteiger charge is 2.33. The van der Waals surface area contributed by atoms with Gasteiger partial charge in [0.2, 0.25) is 0 Å². The van der Waals surface area contributed by atoms with Crippen molar-refractivity contribution in [3.63, 3.8) is 0 Å². The topological polar surface area (TPSA) is 69.6 Å². The summed E-state index contributed by atoms with van der Waals surface area (Å²) in [6, 6.07) is -0.990. The first-order chi connectivity index (χ1) is 8.78. The van der Waals surface area contributed by atoms with Gasteiger partial charge in [0.15, 0.2) is 0 Å². The molecule has 110 valence electrons. The molecule has 0 unspecified atom stereocenters. The Morgan fingerprint density at radius 1 is 1.32 bits per heavy atom. The molecular formula is C11H17F3N2O3. The average Bonchev–Trinajstić information content (AvgIpc) is 3.04. The maximum absolute atomic E-state index is 12.2. The molecule has 8 heteroatoms. The molecule has 0 aromatic rings. The molecule has 0 aliphatic heterocycles. The van der Waals surface area contributed by atoms with E-state index in [-0.39, 0.29) is 11.4 Å². The first kappa shape index (κ1) is 15.6. The number of amides is 2. The van der Waals surface area contributed by atoms with E-state index in [4.69, 9.17) is 5.11 Å². The lowest BCUT2D eigenvalue weighted by molar-refractivity contribution is -0.148. The fourth-order valence-electron chi connectivity index (χ4n) is 1.68. The highest BCUT2D eigenvalue weighted by Crippen LogP contribution is 2.33. The predicted octanol–water partition coefficient (Wildman–Crippen LogP) is 1.84. The Hall–Kier alpha value is -1.47. The number of carboxylic acids is 1. The molecule has 0 atom stereocenters. The molecule has 2 amide bonds. The van der Waals surface area contributed by atoms with Crippen LogP contribution in [0.3, 0.4) is 0 Å². The Labute approximate surface area is 108 Å². The number of hydrogen-bond acceptors (Lipinski definition) is 2. The van der Waals surface area contributed by atoms with Crippen LogP contribution in [0.2, 0.25) is 0 Å². The standard InChI is InChI=1S/C11H17F3N2O3/c12-11(13,14)7-16(6-9(17)18)10(19)15-5-1-2-8-3-4-8/h8H,1-7H2,(H,15,19)(H,17,18). The van der Waals surface area contributed by atoms with E-state index in [0.717, 1.165) is 6.42 Å². The summed E-state index contributed by atoms with van der Waals surface area (Å²) in [6.07, 6.45) is -0.622. The van der Waals surface area contributed by atoms with Crippen LogP contribution in [0.5, 0.6) is 0 Å². The third-order valence-electron chi connectivity index (χ3n) is 2.75. The van der Waals surface area contributed by atoms with Crippen molar-refractivity contribution in [1.82, 2.24) is 10.2 Å². The summed E-state index contributed by atoms with van der Waals surface area (Å²) in [6.45, 7) is -2.26. The molecule has 19 heavy (non-hydrogen) atoms. The highest BCUT2D eigenvalue weighted by molar-refractivity contribution is 5.80. The Morgan fingerprint density at radius 2 is 1.95 bits per heavy atom. The van der Waals surface area contributed by atoms with Crippen LogP contribution in [-0.4, -0.2) is 47.8 Å². The molecule has 0 radical (unpaired) electrons. The van der Waals surface area contributed by atoms with Gasteiger partial charge in [-0.15, -0.1) is 0 Å². The van der Waals surface area contributed by atoms with E-state index in [9.17, 15) is 22.8 Å². The molecule has 0 aromatic carbocycles. The van der Waals surface area contributed by atoms with Crippen LogP contribution in [-0.2, 0) is 4.79 Å². The van der Waals surface area contributed by atoms with E-state index in [1.807, 2.05) is 0 Å². The van der Waals surface area contributed by atoms with Gasteiger partial charge in [-0.1, -0.05) is 12.8 Å². The van der Waals surface area contributed by atoms with Gasteiger partial charge in [-0.05, 0) is 18.8 Å². The molecule has 0 bridgehead atoms. The largest absolute Gasteiger partial charge is 0.480 e. The summed E-state index contributed by atoms with van der Waals surface area (Å²) in [4.78, 5) is 22.2. The second-order valence-electron chi connectivity index (χ2n) is 4.68. The van der Waals surface area contributed by atoms with Crippen molar-refractivity contribution in [3.05, 3.63) is 0 Å². The van der Waals surface area contributed by atoms with Gasteiger partial charge in [0.1, 0.15) is 13.1 Å². The zero-order valence-electron chi connectivity index (χ0n) is 10.4. The second-order valence-corrected chi connectivity index (χ2v) is 4.68. The number of nitrogens with one attached hydrogen (secondary N) is 1. The number of rotatable bonds is 7. The van der Waals surface area contributed by atoms with Crippen LogP contribution in [0, 0.1) is 5.92 Å². The fraction of sp³-hybridized carbons (Fsp3) is 0.818. The van der Waals surface area contributed by atoms with E-state index in [2.05, 4.69) is 5.32 Å². The molecule has 1 saturated carbocycles. The first-order valence-corrected chi connectivity index (χ1v) is 6.09. The van der Waals surface area contributed by atoms with E-state index < -0.39 is 31.3 Å². The number of carboxylic acid groups (broad SMARTS) is 1. The van der Waals surface area contributed by atoms with Gasteiger partial charge in [-0.25, -0.2) is 4.79 Å². The van der Waals surface area contributed by atoms with Crippen molar-refractivity contribution >= 4 is 12.0 Å². The summed E-state index contributed by atoms with van der Waals surface area (Å²) < 4.78 is 36.6. The van der Waals surface area contributed by atoms with Gasteiger partial charge in [0.05, 0.1) is 0 Å². The lowest BCUT2D eigenvalue weighted by Crippen LogP contribution is -2.47. The maximum atomic E-state index is 12.2. The normalized spacial score (nSPS) is 15.1. The van der Waals surface area contributed by atoms with Crippen LogP contribution < -0.4 is 5.32 Å². The van der Waals surface area contributed by atoms with E-state index >= 15 is 0 Å². The summed E-state index contributed by atoms with van der Waals surface area (Å²) in [5, 5.41) is 10.8. The second kappa shape index (κ2) is 6.63. The molecule has 0 heterocycles. The van der Waals surface area contributed by atoms with Gasteiger partial charge in [-0.3, -0.25) is 4.79 Å². The number of carbonyl (C=O) groups is 2. The number of halogens is 3. The Morgan fingerprint density at radius 3 is 2.42 bits per heavy atom. The van der Waals surface area contributed by atoms with Crippen molar-refractivity contribution in [2.45, 2.75) is 31.9 Å². The van der Waals surface area contributed by atoms with Crippen molar-refractivity contribution in [1.29, 1.82) is 0 Å². The SMILES string of the molecule is O=C(O)CN(CC(F)(F)F)C(=O)NCCCC1CC1. The fourth-order valence-corrected chi connectivity index (χ4v) is 1.68. The summed E-state index contributed by atoms with van der Waals surface area (Å²) in [5.41, 5.74) is 0. The van der Waals surface area contributed by atoms with Crippen LogP contribution in [0.4, 0.5) is 18.0 Å². The summed E-state index contributed by atoms with van der Waals surface area (Å²) >= 11 is 0. The molecule has 0 spiro atoms. The minimum atomic E-state index is -4.61. The molecule has 0 aromatic heterocycles. The number of aliphatic carboxylic acids is 1. The number of carbonyl (C=O) groups excluding carboxylic acids is 1. The van der Waals surface area contributed by atoms with Gasteiger partial charge in [0.25, 0.3) is 0 Å². The van der Waals surface area contributed by atoms with E-state index in [1.165, 1.54) is 12.8 Å². The van der Waals surface area contributed by atoms with Crippen molar-refractivity contribution in [2.75, 3.05) is 19.6 Å². The molecule has 1 fully saturated rings. The number of nitrogens with zero attached hydrogens (tertiary/aromatic N) is 1. The van der Waals surface area contributed by atoms with Crippen molar-refractivity contribution in [2.24, 2.45) is 5.92 Å². The van der Waals surface area contributed by atoms with Gasteiger partial charge < -0.3 is 15.3 Å². The third kappa shape index (κ3) is 7.53. The third-order valence-corrected chi connectivity index (χ3v) is 2.75. The lowest BCUT2D eigenvalue weighted by Gasteiger charge is -2.22. The molecule has 1 rings (SSSR count). The highest BCUT2D eigenvalue weighted by atomic mass is 19.4. The molecule has 0 saturated heterocycles. The zero-order chi connectivity index (χ0) is 14.5. The van der Waals surface area contributed by atoms with Crippen LogP contribution in [0.25, 0.3) is 0 Å². The van der Waals surface area contributed by atoms with Crippen LogP contribution in [0.15, 0.2) is 0 Å². The Kier molecular flexibility index (Phi) is 5.44. The average molecular weight is 282 g/mol. The maximum Gasteiger partial charge on any atom is 0.406 e. The summed E-state index contributed by atoms with van der Waals surface area (Å²) in [7, 11) is 0. The first-order valence-electron chi connectivity index (χ1n) is 6.09. The minimum absolute atomic E-state index is 0.249. The quantitative estimate of drug-likeness (QED) is 0.700. The molecule has 5 nitrogen and oxygen atoms in total. The van der Waals surface area contributed by atoms with Crippen molar-refractivity contribution in [3.8, 4) is 0 Å². The van der Waals surface area contributed by atoms with E-state index in [1.54, 1.807) is 0 Å². The summed E-state index contributed by atoms with van der Waals surface area (Å²) in [5.74, 6) is -0.792. The Balaban J connectivity index is 2.33.